The van der Waals surface area contributed by atoms with Crippen LogP contribution in [0.3, 0.4) is 0 Å². The van der Waals surface area contributed by atoms with Crippen molar-refractivity contribution in [3.63, 3.8) is 0 Å². The Balaban J connectivity index is 2.21. The predicted octanol–water partition coefficient (Wildman–Crippen LogP) is 6.07. The average Bonchev–Trinajstić information content (AvgIpc) is 2.99. The van der Waals surface area contributed by atoms with Gasteiger partial charge in [-0.3, -0.25) is 0 Å². The van der Waals surface area contributed by atoms with Crippen LogP contribution in [-0.4, -0.2) is 43.0 Å². The van der Waals surface area contributed by atoms with Gasteiger partial charge in [0.2, 0.25) is 0 Å². The van der Waals surface area contributed by atoms with Crippen LogP contribution < -0.4 is 0 Å². The summed E-state index contributed by atoms with van der Waals surface area (Å²) in [6, 6.07) is 4.82. The van der Waals surface area contributed by atoms with Crippen LogP contribution in [0.4, 0.5) is 9.18 Å². The van der Waals surface area contributed by atoms with Crippen molar-refractivity contribution in [1.29, 1.82) is 0 Å². The number of carbonyl (C=O) groups is 1. The smallest absolute Gasteiger partial charge is 0.410 e. The number of nitrogens with zero attached hydrogens (tertiary/aromatic N) is 1. The largest absolute Gasteiger partial charge is 0.444 e. The Hall–Kier alpha value is -1.86. The molecule has 29 heavy (non-hydrogen) atoms. The fourth-order valence-electron chi connectivity index (χ4n) is 2.73. The van der Waals surface area contributed by atoms with E-state index in [0.717, 1.165) is 10.9 Å². The summed E-state index contributed by atoms with van der Waals surface area (Å²) in [6.45, 7) is 17.5. The Labute approximate surface area is 174 Å². The van der Waals surface area contributed by atoms with E-state index in [4.69, 9.17) is 9.16 Å². The fourth-order valence-corrected chi connectivity index (χ4v) is 3.77. The first-order valence-corrected chi connectivity index (χ1v) is 13.0. The third kappa shape index (κ3) is 6.31. The average molecular weight is 423 g/mol. The van der Waals surface area contributed by atoms with Crippen molar-refractivity contribution >= 4 is 25.3 Å². The maximum atomic E-state index is 14.1. The Kier molecular flexibility index (Phi) is 6.85. The highest BCUT2D eigenvalue weighted by atomic mass is 28.4. The van der Waals surface area contributed by atoms with Gasteiger partial charge in [-0.05, 0) is 62.7 Å². The van der Waals surface area contributed by atoms with E-state index in [2.05, 4.69) is 38.8 Å². The lowest BCUT2D eigenvalue weighted by Gasteiger charge is -2.37. The highest BCUT2D eigenvalue weighted by Crippen LogP contribution is 2.36. The van der Waals surface area contributed by atoms with Gasteiger partial charge < -0.3 is 19.0 Å². The van der Waals surface area contributed by atoms with Crippen LogP contribution in [0, 0.1) is 5.82 Å². The molecule has 0 saturated heterocycles. The summed E-state index contributed by atoms with van der Waals surface area (Å²) < 4.78 is 25.9. The number of nitrogens with one attached hydrogen (secondary N) is 1. The summed E-state index contributed by atoms with van der Waals surface area (Å²) in [4.78, 5) is 17.5. The highest BCUT2D eigenvalue weighted by Gasteiger charge is 2.37. The van der Waals surface area contributed by atoms with E-state index >= 15 is 0 Å². The van der Waals surface area contributed by atoms with E-state index in [1.807, 2.05) is 26.8 Å². The lowest BCUT2D eigenvalue weighted by atomic mass is 10.1. The zero-order chi connectivity index (χ0) is 22.0. The van der Waals surface area contributed by atoms with Crippen LogP contribution in [0.5, 0.6) is 0 Å². The molecular weight excluding hydrogens is 387 g/mol. The lowest BCUT2D eigenvalue weighted by Crippen LogP contribution is -2.44. The Bertz CT molecular complexity index is 850. The first-order valence-electron chi connectivity index (χ1n) is 10.1. The zero-order valence-corrected chi connectivity index (χ0v) is 20.0. The topological polar surface area (TPSA) is 54.6 Å². The number of ether oxygens (including phenoxy) is 1. The van der Waals surface area contributed by atoms with Gasteiger partial charge in [0.25, 0.3) is 0 Å². The van der Waals surface area contributed by atoms with Crippen molar-refractivity contribution in [2.75, 3.05) is 13.2 Å². The summed E-state index contributed by atoms with van der Waals surface area (Å²) in [7, 11) is -1.93. The number of aromatic nitrogens is 1. The molecule has 1 heterocycles. The van der Waals surface area contributed by atoms with Gasteiger partial charge in [-0.15, -0.1) is 0 Å². The molecular formula is C22H35FN2O3Si. The van der Waals surface area contributed by atoms with Crippen LogP contribution in [0.1, 0.15) is 47.1 Å². The van der Waals surface area contributed by atoms with Crippen molar-refractivity contribution in [2.45, 2.75) is 71.8 Å². The molecule has 5 nitrogen and oxygen atoms in total. The van der Waals surface area contributed by atoms with Crippen molar-refractivity contribution in [2.24, 2.45) is 0 Å². The summed E-state index contributed by atoms with van der Waals surface area (Å²) in [5.74, 6) is -0.336. The molecule has 1 aromatic heterocycles. The second-order valence-electron chi connectivity index (χ2n) is 10.0. The van der Waals surface area contributed by atoms with Crippen LogP contribution in [0.2, 0.25) is 18.1 Å². The van der Waals surface area contributed by atoms with Crippen LogP contribution >= 0.6 is 0 Å². The van der Waals surface area contributed by atoms with E-state index in [-0.39, 0.29) is 17.4 Å². The van der Waals surface area contributed by atoms with Gasteiger partial charge in [0.1, 0.15) is 11.4 Å². The zero-order valence-electron chi connectivity index (χ0n) is 19.0. The number of aromatic amines is 1. The molecule has 162 valence electrons. The maximum absolute atomic E-state index is 14.1. The summed E-state index contributed by atoms with van der Waals surface area (Å²) in [5, 5.41) is 0.981. The summed E-state index contributed by atoms with van der Waals surface area (Å²) in [5.41, 5.74) is 0.835. The van der Waals surface area contributed by atoms with Gasteiger partial charge in [0, 0.05) is 30.2 Å². The van der Waals surface area contributed by atoms with E-state index in [1.165, 1.54) is 12.1 Å². The molecule has 0 radical (unpaired) electrons. The number of halogens is 1. The van der Waals surface area contributed by atoms with Crippen molar-refractivity contribution in [3.8, 4) is 0 Å². The second kappa shape index (κ2) is 8.48. The van der Waals surface area contributed by atoms with Crippen molar-refractivity contribution in [3.05, 3.63) is 35.8 Å². The molecule has 1 aromatic carbocycles. The molecule has 7 heteroatoms. The molecule has 0 spiro atoms. The second-order valence-corrected chi connectivity index (χ2v) is 14.8. The van der Waals surface area contributed by atoms with E-state index in [0.29, 0.717) is 18.7 Å². The Morgan fingerprint density at radius 3 is 2.41 bits per heavy atom. The van der Waals surface area contributed by atoms with E-state index in [9.17, 15) is 9.18 Å². The SMILES string of the molecule is CC(C)(C)OC(=O)N(CCO[Si](C)(C)C(C)(C)C)Cc1cc(F)cc2[nH]ccc12. The number of carbonyl (C=O) groups excluding carboxylic acids is 1. The number of hydrogen-bond acceptors (Lipinski definition) is 3. The Morgan fingerprint density at radius 1 is 1.17 bits per heavy atom. The molecule has 1 amide bonds. The number of benzene rings is 1. The van der Waals surface area contributed by atoms with Gasteiger partial charge >= 0.3 is 6.09 Å². The van der Waals surface area contributed by atoms with Crippen LogP contribution in [-0.2, 0) is 15.7 Å². The molecule has 0 atom stereocenters. The predicted molar refractivity (Wildman–Crippen MR) is 118 cm³/mol. The standard InChI is InChI=1S/C22H35FN2O3Si/c1-21(2,3)28-20(26)25(11-12-27-29(7,8)22(4,5)6)15-16-13-17(23)14-19-18(16)9-10-24-19/h9-10,13-14,24H,11-12,15H2,1-8H3. The van der Waals surface area contributed by atoms with Gasteiger partial charge in [0.15, 0.2) is 8.32 Å². The van der Waals surface area contributed by atoms with Gasteiger partial charge in [-0.1, -0.05) is 20.8 Å². The molecule has 0 aliphatic rings. The van der Waals surface area contributed by atoms with E-state index < -0.39 is 20.0 Å². The molecule has 0 aliphatic heterocycles. The quantitative estimate of drug-likeness (QED) is 0.575. The maximum Gasteiger partial charge on any atom is 0.410 e. The normalized spacial score (nSPS) is 13.0. The number of rotatable bonds is 6. The third-order valence-corrected chi connectivity index (χ3v) is 9.90. The highest BCUT2D eigenvalue weighted by molar-refractivity contribution is 6.74. The minimum Gasteiger partial charge on any atom is -0.444 e. The molecule has 0 fully saturated rings. The monoisotopic (exact) mass is 422 g/mol. The van der Waals surface area contributed by atoms with E-state index in [1.54, 1.807) is 11.1 Å². The summed E-state index contributed by atoms with van der Waals surface area (Å²) >= 11 is 0. The minimum absolute atomic E-state index is 0.0869. The van der Waals surface area contributed by atoms with Gasteiger partial charge in [0.05, 0.1) is 6.61 Å². The van der Waals surface area contributed by atoms with Crippen molar-refractivity contribution in [1.82, 2.24) is 9.88 Å². The Morgan fingerprint density at radius 2 is 1.83 bits per heavy atom. The molecule has 2 aromatic rings. The third-order valence-electron chi connectivity index (χ3n) is 5.36. The van der Waals surface area contributed by atoms with Crippen molar-refractivity contribution < 1.29 is 18.3 Å². The van der Waals surface area contributed by atoms with Gasteiger partial charge in [-0.2, -0.15) is 0 Å². The number of H-pyrrole nitrogens is 1. The van der Waals surface area contributed by atoms with Crippen LogP contribution in [0.25, 0.3) is 10.9 Å². The molecule has 0 unspecified atom stereocenters. The number of hydrogen-bond donors (Lipinski definition) is 1. The minimum atomic E-state index is -1.93. The molecule has 0 aliphatic carbocycles. The first-order chi connectivity index (χ1) is 13.2. The fraction of sp³-hybridized carbons (Fsp3) is 0.591. The molecule has 1 N–H and O–H groups in total. The molecule has 0 bridgehead atoms. The van der Waals surface area contributed by atoms with Gasteiger partial charge in [-0.25, -0.2) is 9.18 Å². The lowest BCUT2D eigenvalue weighted by molar-refractivity contribution is 0.0206. The van der Waals surface area contributed by atoms with Crippen LogP contribution in [0.15, 0.2) is 24.4 Å². The number of amides is 1. The first kappa shape index (κ1) is 23.4. The number of fused-ring (bicyclic) bond motifs is 1. The molecule has 2 rings (SSSR count). The molecule has 0 saturated carbocycles. The summed E-state index contributed by atoms with van der Waals surface area (Å²) in [6.07, 6.45) is 1.34.